The zero-order valence-electron chi connectivity index (χ0n) is 6.67. The van der Waals surface area contributed by atoms with Crippen molar-refractivity contribution in [2.75, 3.05) is 0 Å². The van der Waals surface area contributed by atoms with Gasteiger partial charge in [-0.05, 0) is 13.3 Å². The average Bonchev–Trinajstić information content (AvgIpc) is 1.69. The Morgan fingerprint density at radius 1 is 0.818 bits per heavy atom. The van der Waals surface area contributed by atoms with Crippen LogP contribution in [0.1, 0.15) is 39.0 Å². The molecule has 0 unspecified atom stereocenters. The summed E-state index contributed by atoms with van der Waals surface area (Å²) in [6.45, 7) is 8.97. The third-order valence-electron chi connectivity index (χ3n) is 1.03. The molecule has 0 aliphatic heterocycles. The van der Waals surface area contributed by atoms with Crippen molar-refractivity contribution in [1.29, 1.82) is 0 Å². The van der Waals surface area contributed by atoms with Crippen LogP contribution in [0.4, 0.5) is 0 Å². The fourth-order valence-corrected chi connectivity index (χ4v) is 0.552. The van der Waals surface area contributed by atoms with Crippen LogP contribution < -0.4 is 0 Å². The maximum atomic E-state index is 6.78. The molecule has 0 heterocycles. The summed E-state index contributed by atoms with van der Waals surface area (Å²) in [5.41, 5.74) is 0. The third kappa shape index (κ3) is 35.2. The molecule has 0 rings (SSSR count). The minimum Gasteiger partial charge on any atom is -0.147 e. The molecule has 0 bridgehead atoms. The molecule has 0 nitrogen and oxygen atoms in total. The molecule has 11 heavy (non-hydrogen) atoms. The molecule has 0 aromatic heterocycles. The minimum atomic E-state index is 0. The van der Waals surface area contributed by atoms with Gasteiger partial charge in [0.05, 0.1) is 0 Å². The molecule has 0 aromatic carbocycles. The Hall–Kier alpha value is 1.16. The van der Waals surface area contributed by atoms with Gasteiger partial charge in [0.1, 0.15) is 0 Å². The standard InChI is InChI=1S/C7H13.4ClH/c1-3-5-7-6-4-2;;;;/h3-7H2,1H3;4*1H. The summed E-state index contributed by atoms with van der Waals surface area (Å²) >= 11 is 0. The highest BCUT2D eigenvalue weighted by molar-refractivity contribution is 5.86. The van der Waals surface area contributed by atoms with E-state index in [0.29, 0.717) is 6.42 Å². The van der Waals surface area contributed by atoms with Crippen LogP contribution in [-0.4, -0.2) is 0 Å². The smallest absolute Gasteiger partial charge is 0.00936 e. The highest BCUT2D eigenvalue weighted by Crippen LogP contribution is 1.99. The first-order valence-corrected chi connectivity index (χ1v) is 3.06. The molecule has 0 fully saturated rings. The van der Waals surface area contributed by atoms with Crippen LogP contribution >= 0.6 is 49.6 Å². The summed E-state index contributed by atoms with van der Waals surface area (Å²) in [5, 5.41) is 0. The quantitative estimate of drug-likeness (QED) is 0.648. The van der Waals surface area contributed by atoms with E-state index < -0.39 is 0 Å². The lowest BCUT2D eigenvalue weighted by Gasteiger charge is -1.90. The number of hydrogen-bond acceptors (Lipinski definition) is 0. The Bertz CT molecular complexity index is 29.6. The summed E-state index contributed by atoms with van der Waals surface area (Å²) in [5.74, 6) is 0. The van der Waals surface area contributed by atoms with E-state index >= 15 is 0 Å². The second-order valence-corrected chi connectivity index (χ2v) is 1.81. The second kappa shape index (κ2) is 30.4. The van der Waals surface area contributed by atoms with Gasteiger partial charge in [0, 0.05) is 0 Å². The van der Waals surface area contributed by atoms with Crippen molar-refractivity contribution in [1.82, 2.24) is 0 Å². The van der Waals surface area contributed by atoms with Crippen molar-refractivity contribution in [3.63, 3.8) is 0 Å². The van der Waals surface area contributed by atoms with Crippen LogP contribution in [0.5, 0.6) is 0 Å². The Morgan fingerprint density at radius 3 is 1.55 bits per heavy atom. The molecule has 73 valence electrons. The lowest BCUT2D eigenvalue weighted by molar-refractivity contribution is 0.673. The van der Waals surface area contributed by atoms with Gasteiger partial charge in [0.2, 0.25) is 0 Å². The first-order valence-electron chi connectivity index (χ1n) is 3.06. The summed E-state index contributed by atoms with van der Waals surface area (Å²) in [4.78, 5) is 0. The highest BCUT2D eigenvalue weighted by atomic mass is 35.5. The summed E-state index contributed by atoms with van der Waals surface area (Å²) in [6.07, 6.45) is 5.53. The first-order chi connectivity index (χ1) is 3.41. The van der Waals surface area contributed by atoms with Crippen LogP contribution in [0.2, 0.25) is 0 Å². The van der Waals surface area contributed by atoms with Crippen molar-refractivity contribution < 1.29 is 0 Å². The Balaban J connectivity index is -0.0000000300. The zero-order chi connectivity index (χ0) is 5.54. The van der Waals surface area contributed by atoms with E-state index in [0.717, 1.165) is 6.42 Å². The van der Waals surface area contributed by atoms with Crippen molar-refractivity contribution in [3.8, 4) is 0 Å². The predicted octanol–water partition coefficient (Wildman–Crippen LogP) is 4.23. The lowest BCUT2D eigenvalue weighted by Crippen LogP contribution is -1.71. The Morgan fingerprint density at radius 2 is 1.27 bits per heavy atom. The van der Waals surface area contributed by atoms with Crippen molar-refractivity contribution in [2.45, 2.75) is 39.0 Å². The van der Waals surface area contributed by atoms with E-state index in [1.165, 1.54) is 19.3 Å². The molecule has 0 atom stereocenters. The molecule has 0 N–H and O–H groups in total. The van der Waals surface area contributed by atoms with E-state index in [4.69, 9.17) is 6.92 Å². The maximum Gasteiger partial charge on any atom is -0.00936 e. The third-order valence-corrected chi connectivity index (χ3v) is 1.03. The summed E-state index contributed by atoms with van der Waals surface area (Å²) in [6, 6.07) is 0. The van der Waals surface area contributed by atoms with E-state index in [1.54, 1.807) is 0 Å². The zero-order valence-corrected chi connectivity index (χ0v) is 9.93. The molecule has 0 spiro atoms. The predicted molar refractivity (Wildman–Crippen MR) is 61.0 cm³/mol. The molecular weight excluding hydrogens is 226 g/mol. The SMILES string of the molecule is Cl.Cl.Cl.Cl.[C]CCCCCC. The van der Waals surface area contributed by atoms with Gasteiger partial charge in [-0.1, -0.05) is 32.6 Å². The summed E-state index contributed by atoms with van der Waals surface area (Å²) in [7, 11) is 0. The minimum absolute atomic E-state index is 0. The number of halogens is 4. The van der Waals surface area contributed by atoms with Crippen molar-refractivity contribution in [3.05, 3.63) is 6.92 Å². The number of rotatable bonds is 4. The molecule has 3 radical (unpaired) electrons. The Kier molecular flexibility index (Phi) is 81.5. The fourth-order valence-electron chi connectivity index (χ4n) is 0.552. The van der Waals surface area contributed by atoms with Gasteiger partial charge in [-0.3, -0.25) is 0 Å². The maximum absolute atomic E-state index is 6.78. The van der Waals surface area contributed by atoms with Gasteiger partial charge < -0.3 is 0 Å². The molecule has 0 saturated carbocycles. The van der Waals surface area contributed by atoms with Crippen molar-refractivity contribution in [2.24, 2.45) is 0 Å². The van der Waals surface area contributed by atoms with E-state index in [2.05, 4.69) is 6.92 Å². The molecule has 0 saturated heterocycles. The monoisotopic (exact) mass is 241 g/mol. The molecule has 4 heteroatoms. The first kappa shape index (κ1) is 29.5. The van der Waals surface area contributed by atoms with Crippen LogP contribution in [0.15, 0.2) is 0 Å². The average molecular weight is 243 g/mol. The van der Waals surface area contributed by atoms with Crippen LogP contribution in [-0.2, 0) is 0 Å². The van der Waals surface area contributed by atoms with E-state index in [-0.39, 0.29) is 49.6 Å². The van der Waals surface area contributed by atoms with Gasteiger partial charge in [0.25, 0.3) is 0 Å². The number of unbranched alkanes of at least 4 members (excludes halogenated alkanes) is 4. The van der Waals surface area contributed by atoms with Crippen LogP contribution in [0, 0.1) is 6.92 Å². The normalized spacial score (nSPS) is 6.00. The van der Waals surface area contributed by atoms with Gasteiger partial charge in [-0.2, -0.15) is 0 Å². The van der Waals surface area contributed by atoms with E-state index in [9.17, 15) is 0 Å². The number of hydrogen-bond donors (Lipinski definition) is 0. The topological polar surface area (TPSA) is 0 Å². The summed E-state index contributed by atoms with van der Waals surface area (Å²) < 4.78 is 0. The van der Waals surface area contributed by atoms with Crippen molar-refractivity contribution >= 4 is 49.6 Å². The molecule has 0 aliphatic carbocycles. The second-order valence-electron chi connectivity index (χ2n) is 1.81. The van der Waals surface area contributed by atoms with Gasteiger partial charge in [0.15, 0.2) is 0 Å². The van der Waals surface area contributed by atoms with Gasteiger partial charge in [-0.25, -0.2) is 0 Å². The van der Waals surface area contributed by atoms with Crippen LogP contribution in [0.3, 0.4) is 0 Å². The Labute approximate surface area is 95.5 Å². The largest absolute Gasteiger partial charge is 0.147 e. The van der Waals surface area contributed by atoms with Gasteiger partial charge in [-0.15, -0.1) is 49.6 Å². The fraction of sp³-hybridized carbons (Fsp3) is 0.857. The molecular formula is C7H17Cl4. The lowest BCUT2D eigenvalue weighted by atomic mass is 10.2. The molecule has 0 aliphatic rings. The molecule has 0 amide bonds. The van der Waals surface area contributed by atoms with E-state index in [1.807, 2.05) is 0 Å². The van der Waals surface area contributed by atoms with Gasteiger partial charge >= 0.3 is 0 Å². The molecule has 0 aromatic rings. The highest BCUT2D eigenvalue weighted by Gasteiger charge is 1.80. The van der Waals surface area contributed by atoms with Crippen LogP contribution in [0.25, 0.3) is 0 Å².